The first-order valence-electron chi connectivity index (χ1n) is 21.5. The fourth-order valence-electron chi connectivity index (χ4n) is 6.97. The SMILES string of the molecule is COc1cc(/C=C/C(=O)OC[C@H]2O[C@@](COC(=O)/C=C/c3ccc(O)cc3)(O[C@H]3O[C@H](COC(=O)/C=C/c4ccc(O)cc4)[C@@H](O)[C@H](O)[C@H]3O)[C@@H](OC(=O)/C=C/c3ccc(O)c(OC)c3)[C@@H]2O)ccc1O. The van der Waals surface area contributed by atoms with Gasteiger partial charge >= 0.3 is 23.9 Å². The number of phenols is 4. The molecule has 0 aliphatic carbocycles. The molecule has 0 spiro atoms. The van der Waals surface area contributed by atoms with E-state index < -0.39 is 98.5 Å². The first-order valence-corrected chi connectivity index (χ1v) is 21.5. The van der Waals surface area contributed by atoms with Gasteiger partial charge in [-0.3, -0.25) is 0 Å². The molecule has 71 heavy (non-hydrogen) atoms. The highest BCUT2D eigenvalue weighted by Gasteiger charge is 2.62. The lowest BCUT2D eigenvalue weighted by Gasteiger charge is -2.43. The summed E-state index contributed by atoms with van der Waals surface area (Å²) in [7, 11) is 2.64. The molecule has 0 amide bonds. The summed E-state index contributed by atoms with van der Waals surface area (Å²) in [6.45, 7) is -2.61. The van der Waals surface area contributed by atoms with E-state index in [2.05, 4.69) is 0 Å². The zero-order valence-corrected chi connectivity index (χ0v) is 37.8. The lowest BCUT2D eigenvalue weighted by Crippen LogP contribution is -2.63. The number of hydrogen-bond acceptors (Lipinski definition) is 21. The van der Waals surface area contributed by atoms with Gasteiger partial charge in [0.15, 0.2) is 35.4 Å². The predicted octanol–water partition coefficient (Wildman–Crippen LogP) is 2.50. The van der Waals surface area contributed by atoms with Crippen molar-refractivity contribution in [2.24, 2.45) is 0 Å². The number of hydrogen-bond donors (Lipinski definition) is 8. The summed E-state index contributed by atoms with van der Waals surface area (Å²) in [5.74, 6) is -7.06. The second kappa shape index (κ2) is 24.2. The second-order valence-electron chi connectivity index (χ2n) is 15.7. The van der Waals surface area contributed by atoms with Gasteiger partial charge < -0.3 is 83.5 Å². The van der Waals surface area contributed by atoms with E-state index in [-0.39, 0.29) is 34.5 Å². The fraction of sp³-hybridized carbons (Fsp3) is 0.280. The molecule has 376 valence electrons. The number of rotatable bonds is 19. The van der Waals surface area contributed by atoms with Gasteiger partial charge in [0.2, 0.25) is 5.79 Å². The Morgan fingerprint density at radius 3 is 1.46 bits per heavy atom. The first-order chi connectivity index (χ1) is 34.0. The maximum atomic E-state index is 13.6. The zero-order chi connectivity index (χ0) is 51.2. The van der Waals surface area contributed by atoms with E-state index in [9.17, 15) is 60.0 Å². The largest absolute Gasteiger partial charge is 0.508 e. The highest BCUT2D eigenvalue weighted by Crippen LogP contribution is 2.39. The Balaban J connectivity index is 1.29. The zero-order valence-electron chi connectivity index (χ0n) is 37.8. The highest BCUT2D eigenvalue weighted by molar-refractivity contribution is 5.89. The second-order valence-corrected chi connectivity index (χ2v) is 15.7. The maximum Gasteiger partial charge on any atom is 0.331 e. The number of phenolic OH excluding ortho intramolecular Hbond substituents is 4. The first kappa shape index (κ1) is 52.6. The predicted molar refractivity (Wildman–Crippen MR) is 246 cm³/mol. The molecule has 0 saturated carbocycles. The summed E-state index contributed by atoms with van der Waals surface area (Å²) in [6, 6.07) is 19.9. The molecule has 2 fully saturated rings. The lowest BCUT2D eigenvalue weighted by molar-refractivity contribution is -0.383. The van der Waals surface area contributed by atoms with Crippen LogP contribution in [0.25, 0.3) is 24.3 Å². The molecule has 0 aromatic heterocycles. The standard InChI is InChI=1S/C50H50O21/c1-63-36-23-30(7-17-34(36)53)11-21-41(56)66-26-39-45(60)48(69-43(58)22-12-31-8-18-35(54)37(24-31)64-2)50(70-39,27-67-42(57)20-10-29-5-15-33(52)16-6-29)71-49-47(62)46(61)44(59)38(68-49)25-65-40(55)19-9-28-3-13-32(51)14-4-28/h3-24,38-39,44-49,51-54,59-62H,25-27H2,1-2H3/b19-9+,20-10+,21-11+,22-12+/t38-,39-,44-,45-,46+,47-,48+,49-,50+/m1/s1. The van der Waals surface area contributed by atoms with Crippen LogP contribution in [-0.2, 0) is 52.3 Å². The van der Waals surface area contributed by atoms with Gasteiger partial charge in [-0.05, 0) is 95.1 Å². The van der Waals surface area contributed by atoms with E-state index in [1.165, 1.54) is 123 Å². The van der Waals surface area contributed by atoms with Gasteiger partial charge in [0.25, 0.3) is 0 Å². The molecule has 2 aliphatic rings. The van der Waals surface area contributed by atoms with Crippen molar-refractivity contribution in [2.75, 3.05) is 34.0 Å². The Morgan fingerprint density at radius 2 is 0.972 bits per heavy atom. The van der Waals surface area contributed by atoms with Crippen molar-refractivity contribution < 1.29 is 103 Å². The normalized spacial score (nSPS) is 24.3. The molecule has 21 heteroatoms. The van der Waals surface area contributed by atoms with Crippen LogP contribution in [0.2, 0.25) is 0 Å². The van der Waals surface area contributed by atoms with E-state index in [1.54, 1.807) is 0 Å². The van der Waals surface area contributed by atoms with Gasteiger partial charge in [0.1, 0.15) is 67.9 Å². The molecule has 0 unspecified atom stereocenters. The third kappa shape index (κ3) is 14.2. The smallest absolute Gasteiger partial charge is 0.331 e. The van der Waals surface area contributed by atoms with Crippen molar-refractivity contribution >= 4 is 48.2 Å². The van der Waals surface area contributed by atoms with Gasteiger partial charge in [-0.2, -0.15) is 0 Å². The van der Waals surface area contributed by atoms with E-state index in [1.807, 2.05) is 0 Å². The quantitative estimate of drug-likeness (QED) is 0.0380. The molecule has 0 radical (unpaired) electrons. The van der Waals surface area contributed by atoms with Crippen LogP contribution < -0.4 is 9.47 Å². The lowest BCUT2D eigenvalue weighted by atomic mass is 9.98. The average Bonchev–Trinajstić information content (AvgIpc) is 3.62. The van der Waals surface area contributed by atoms with E-state index >= 15 is 0 Å². The molecule has 8 N–H and O–H groups in total. The molecule has 2 saturated heterocycles. The average molecular weight is 987 g/mol. The van der Waals surface area contributed by atoms with Gasteiger partial charge in [0.05, 0.1) is 14.2 Å². The Hall–Kier alpha value is -7.76. The van der Waals surface area contributed by atoms with Crippen molar-refractivity contribution in [1.29, 1.82) is 0 Å². The molecule has 4 aromatic carbocycles. The van der Waals surface area contributed by atoms with Crippen molar-refractivity contribution in [3.63, 3.8) is 0 Å². The van der Waals surface area contributed by atoms with Crippen LogP contribution >= 0.6 is 0 Å². The third-order valence-electron chi connectivity index (χ3n) is 10.7. The van der Waals surface area contributed by atoms with Gasteiger partial charge in [-0.1, -0.05) is 36.4 Å². The Kier molecular flexibility index (Phi) is 17.9. The number of aliphatic hydroxyl groups excluding tert-OH is 4. The summed E-state index contributed by atoms with van der Waals surface area (Å²) in [5.41, 5.74) is 1.74. The monoisotopic (exact) mass is 986 g/mol. The fourth-order valence-corrected chi connectivity index (χ4v) is 6.97. The molecule has 2 heterocycles. The van der Waals surface area contributed by atoms with Crippen LogP contribution in [-0.4, -0.2) is 154 Å². The van der Waals surface area contributed by atoms with Gasteiger partial charge in [-0.25, -0.2) is 19.2 Å². The molecule has 9 atom stereocenters. The Labute approximate surface area is 404 Å². The number of benzene rings is 4. The van der Waals surface area contributed by atoms with E-state index in [0.29, 0.717) is 22.3 Å². The van der Waals surface area contributed by atoms with Crippen LogP contribution in [0.1, 0.15) is 22.3 Å². The number of carbonyl (C=O) groups is 4. The Bertz CT molecular complexity index is 2610. The number of aromatic hydroxyl groups is 4. The number of methoxy groups -OCH3 is 2. The summed E-state index contributed by atoms with van der Waals surface area (Å²) in [5, 5.41) is 84.2. The van der Waals surface area contributed by atoms with Crippen LogP contribution in [0.4, 0.5) is 0 Å². The van der Waals surface area contributed by atoms with E-state index in [4.69, 9.17) is 42.6 Å². The molecule has 4 aromatic rings. The molecule has 0 bridgehead atoms. The Morgan fingerprint density at radius 1 is 0.535 bits per heavy atom. The molecule has 2 aliphatic heterocycles. The number of aliphatic hydroxyl groups is 4. The summed E-state index contributed by atoms with van der Waals surface area (Å²) in [6.07, 6.45) is -6.42. The van der Waals surface area contributed by atoms with E-state index in [0.717, 1.165) is 24.3 Å². The summed E-state index contributed by atoms with van der Waals surface area (Å²) >= 11 is 0. The van der Waals surface area contributed by atoms with Crippen LogP contribution in [0, 0.1) is 0 Å². The topological polar surface area (TPSA) is 313 Å². The number of esters is 4. The van der Waals surface area contributed by atoms with Crippen molar-refractivity contribution in [3.05, 3.63) is 131 Å². The third-order valence-corrected chi connectivity index (χ3v) is 10.7. The minimum atomic E-state index is -2.72. The summed E-state index contributed by atoms with van der Waals surface area (Å²) in [4.78, 5) is 52.6. The molecule has 6 rings (SSSR count). The minimum Gasteiger partial charge on any atom is -0.508 e. The van der Waals surface area contributed by atoms with Crippen LogP contribution in [0.3, 0.4) is 0 Å². The minimum absolute atomic E-state index is 0.00427. The van der Waals surface area contributed by atoms with Crippen molar-refractivity contribution in [3.8, 4) is 34.5 Å². The number of ether oxygens (including phenoxy) is 9. The molecular formula is C50H50O21. The number of carbonyl (C=O) groups excluding carboxylic acids is 4. The van der Waals surface area contributed by atoms with Gasteiger partial charge in [0, 0.05) is 24.3 Å². The van der Waals surface area contributed by atoms with Crippen molar-refractivity contribution in [1.82, 2.24) is 0 Å². The maximum absolute atomic E-state index is 13.6. The van der Waals surface area contributed by atoms with Crippen LogP contribution in [0.5, 0.6) is 34.5 Å². The molecule has 21 nitrogen and oxygen atoms in total. The van der Waals surface area contributed by atoms with Gasteiger partial charge in [-0.15, -0.1) is 0 Å². The summed E-state index contributed by atoms with van der Waals surface area (Å²) < 4.78 is 50.2. The molecular weight excluding hydrogens is 937 g/mol. The van der Waals surface area contributed by atoms with Crippen molar-refractivity contribution in [2.45, 2.75) is 54.8 Å². The van der Waals surface area contributed by atoms with Crippen LogP contribution in [0.15, 0.2) is 109 Å². The highest BCUT2D eigenvalue weighted by atomic mass is 16.8.